The highest BCUT2D eigenvalue weighted by Gasteiger charge is 2.23. The summed E-state index contributed by atoms with van der Waals surface area (Å²) in [6, 6.07) is 18.7. The molecule has 1 fully saturated rings. The predicted molar refractivity (Wildman–Crippen MR) is 127 cm³/mol. The predicted octanol–water partition coefficient (Wildman–Crippen LogP) is 3.97. The molecular weight excluding hydrogens is 424 g/mol. The van der Waals surface area contributed by atoms with Crippen LogP contribution >= 0.6 is 11.3 Å². The molecule has 8 heteroatoms. The highest BCUT2D eigenvalue weighted by molar-refractivity contribution is 7.20. The number of piperidine rings is 1. The number of urea groups is 1. The number of thiophene rings is 1. The van der Waals surface area contributed by atoms with Crippen LogP contribution in [0.2, 0.25) is 0 Å². The highest BCUT2D eigenvalue weighted by Crippen LogP contribution is 2.40. The SMILES string of the molecule is NC(=O)Nc1sc(-c2ccccc2OCc2ccccc2)cc1C(=O)NC1CCCNC1. The quantitative estimate of drug-likeness (QED) is 0.437. The van der Waals surface area contributed by atoms with Crippen molar-refractivity contribution in [2.75, 3.05) is 18.4 Å². The van der Waals surface area contributed by atoms with E-state index in [0.717, 1.165) is 41.9 Å². The average Bonchev–Trinajstić information content (AvgIpc) is 3.22. The van der Waals surface area contributed by atoms with Crippen molar-refractivity contribution in [1.82, 2.24) is 10.6 Å². The summed E-state index contributed by atoms with van der Waals surface area (Å²) in [5.74, 6) is 0.472. The Morgan fingerprint density at radius 1 is 1.12 bits per heavy atom. The van der Waals surface area contributed by atoms with E-state index in [2.05, 4.69) is 16.0 Å². The Labute approximate surface area is 191 Å². The number of benzene rings is 2. The van der Waals surface area contributed by atoms with Crippen molar-refractivity contribution < 1.29 is 14.3 Å². The summed E-state index contributed by atoms with van der Waals surface area (Å²) >= 11 is 1.30. The van der Waals surface area contributed by atoms with E-state index in [1.807, 2.05) is 54.6 Å². The number of anilines is 1. The average molecular weight is 451 g/mol. The molecule has 0 spiro atoms. The third kappa shape index (κ3) is 5.46. The Balaban J connectivity index is 1.59. The Kier molecular flexibility index (Phi) is 7.03. The van der Waals surface area contributed by atoms with E-state index in [0.29, 0.717) is 22.9 Å². The van der Waals surface area contributed by atoms with E-state index in [4.69, 9.17) is 10.5 Å². The van der Waals surface area contributed by atoms with Crippen LogP contribution < -0.4 is 26.4 Å². The lowest BCUT2D eigenvalue weighted by Gasteiger charge is -2.23. The number of ether oxygens (including phenoxy) is 1. The van der Waals surface area contributed by atoms with Crippen molar-refractivity contribution >= 4 is 28.3 Å². The van der Waals surface area contributed by atoms with Gasteiger partial charge >= 0.3 is 6.03 Å². The molecule has 3 aromatic rings. The summed E-state index contributed by atoms with van der Waals surface area (Å²) in [7, 11) is 0. The topological polar surface area (TPSA) is 105 Å². The summed E-state index contributed by atoms with van der Waals surface area (Å²) in [4.78, 5) is 25.4. The molecule has 1 aromatic heterocycles. The van der Waals surface area contributed by atoms with Gasteiger partial charge in [-0.1, -0.05) is 42.5 Å². The fraction of sp³-hybridized carbons (Fsp3) is 0.250. The molecule has 0 bridgehead atoms. The molecule has 3 amide bonds. The number of hydrogen-bond donors (Lipinski definition) is 4. The van der Waals surface area contributed by atoms with Crippen LogP contribution in [0.5, 0.6) is 5.75 Å². The molecule has 0 saturated carbocycles. The number of carbonyl (C=O) groups excluding carboxylic acids is 2. The zero-order valence-electron chi connectivity index (χ0n) is 17.6. The number of nitrogens with one attached hydrogen (secondary N) is 3. The summed E-state index contributed by atoms with van der Waals surface area (Å²) in [6.07, 6.45) is 1.93. The molecule has 1 unspecified atom stereocenters. The van der Waals surface area contributed by atoms with Crippen LogP contribution in [0.3, 0.4) is 0 Å². The van der Waals surface area contributed by atoms with Gasteiger partial charge in [-0.25, -0.2) is 4.79 Å². The zero-order valence-corrected chi connectivity index (χ0v) is 18.4. The van der Waals surface area contributed by atoms with E-state index in [-0.39, 0.29) is 11.9 Å². The molecule has 0 radical (unpaired) electrons. The van der Waals surface area contributed by atoms with E-state index >= 15 is 0 Å². The molecule has 1 atom stereocenters. The molecule has 1 saturated heterocycles. The lowest BCUT2D eigenvalue weighted by atomic mass is 10.1. The lowest BCUT2D eigenvalue weighted by Crippen LogP contribution is -2.45. The first-order valence-electron chi connectivity index (χ1n) is 10.6. The molecule has 5 N–H and O–H groups in total. The van der Waals surface area contributed by atoms with Crippen molar-refractivity contribution in [2.24, 2.45) is 5.73 Å². The number of carbonyl (C=O) groups is 2. The second-order valence-corrected chi connectivity index (χ2v) is 8.68. The fourth-order valence-corrected chi connectivity index (χ4v) is 4.76. The summed E-state index contributed by atoms with van der Waals surface area (Å²) in [6.45, 7) is 2.12. The molecule has 1 aliphatic heterocycles. The van der Waals surface area contributed by atoms with Gasteiger partial charge in [-0.2, -0.15) is 0 Å². The normalized spacial score (nSPS) is 15.7. The first-order chi connectivity index (χ1) is 15.6. The van der Waals surface area contributed by atoms with E-state index in [1.165, 1.54) is 11.3 Å². The van der Waals surface area contributed by atoms with Crippen molar-refractivity contribution in [1.29, 1.82) is 0 Å². The minimum Gasteiger partial charge on any atom is -0.488 e. The molecule has 4 rings (SSSR count). The first-order valence-corrected chi connectivity index (χ1v) is 11.4. The van der Waals surface area contributed by atoms with Crippen LogP contribution in [-0.4, -0.2) is 31.1 Å². The van der Waals surface area contributed by atoms with Crippen molar-refractivity contribution in [3.63, 3.8) is 0 Å². The third-order valence-electron chi connectivity index (χ3n) is 5.24. The van der Waals surface area contributed by atoms with Crippen LogP contribution in [0.1, 0.15) is 28.8 Å². The third-order valence-corrected chi connectivity index (χ3v) is 6.32. The van der Waals surface area contributed by atoms with Gasteiger partial charge in [-0.3, -0.25) is 10.1 Å². The van der Waals surface area contributed by atoms with Crippen molar-refractivity contribution in [3.05, 3.63) is 71.8 Å². The zero-order chi connectivity index (χ0) is 22.3. The monoisotopic (exact) mass is 450 g/mol. The number of para-hydroxylation sites is 1. The lowest BCUT2D eigenvalue weighted by molar-refractivity contribution is 0.0932. The van der Waals surface area contributed by atoms with Crippen molar-refractivity contribution in [2.45, 2.75) is 25.5 Å². The Hall–Kier alpha value is -3.36. The van der Waals surface area contributed by atoms with E-state index < -0.39 is 6.03 Å². The van der Waals surface area contributed by atoms with Gasteiger partial charge in [0.05, 0.1) is 5.56 Å². The van der Waals surface area contributed by atoms with Gasteiger partial charge in [0.15, 0.2) is 0 Å². The molecule has 1 aliphatic rings. The molecular formula is C24H26N4O3S. The maximum absolute atomic E-state index is 13.0. The molecule has 166 valence electrons. The molecule has 2 aromatic carbocycles. The number of primary amides is 1. The number of nitrogens with two attached hydrogens (primary N) is 1. The van der Waals surface area contributed by atoms with Gasteiger partial charge in [-0.15, -0.1) is 11.3 Å². The maximum Gasteiger partial charge on any atom is 0.317 e. The smallest absolute Gasteiger partial charge is 0.317 e. The Morgan fingerprint density at radius 3 is 2.66 bits per heavy atom. The second-order valence-electron chi connectivity index (χ2n) is 7.63. The minimum atomic E-state index is -0.708. The second kappa shape index (κ2) is 10.3. The maximum atomic E-state index is 13.0. The number of rotatable bonds is 7. The molecule has 32 heavy (non-hydrogen) atoms. The van der Waals surface area contributed by atoms with Gasteiger partial charge < -0.3 is 21.1 Å². The molecule has 0 aliphatic carbocycles. The van der Waals surface area contributed by atoms with Crippen LogP contribution in [0.4, 0.5) is 9.80 Å². The summed E-state index contributed by atoms with van der Waals surface area (Å²) < 4.78 is 6.08. The van der Waals surface area contributed by atoms with Crippen LogP contribution in [-0.2, 0) is 6.61 Å². The van der Waals surface area contributed by atoms with Crippen LogP contribution in [0.15, 0.2) is 60.7 Å². The van der Waals surface area contributed by atoms with Crippen molar-refractivity contribution in [3.8, 4) is 16.2 Å². The van der Waals surface area contributed by atoms with Gasteiger partial charge in [-0.05, 0) is 43.1 Å². The van der Waals surface area contributed by atoms with Gasteiger partial charge in [0, 0.05) is 23.0 Å². The number of amides is 3. The van der Waals surface area contributed by atoms with E-state index in [1.54, 1.807) is 6.07 Å². The standard InChI is InChI=1S/C24H26N4O3S/c25-24(30)28-23-19(22(29)27-17-9-6-12-26-14-17)13-21(32-23)18-10-4-5-11-20(18)31-15-16-7-2-1-3-8-16/h1-5,7-8,10-11,13,17,26H,6,9,12,14-15H2,(H,27,29)(H3,25,28,30). The Bertz CT molecular complexity index is 1080. The fourth-order valence-electron chi connectivity index (χ4n) is 3.67. The van der Waals surface area contributed by atoms with E-state index in [9.17, 15) is 9.59 Å². The highest BCUT2D eigenvalue weighted by atomic mass is 32.1. The number of hydrogen-bond acceptors (Lipinski definition) is 5. The summed E-state index contributed by atoms with van der Waals surface area (Å²) in [5.41, 5.74) is 7.66. The largest absolute Gasteiger partial charge is 0.488 e. The minimum absolute atomic E-state index is 0.0579. The Morgan fingerprint density at radius 2 is 1.91 bits per heavy atom. The summed E-state index contributed by atoms with van der Waals surface area (Å²) in [5, 5.41) is 9.36. The molecule has 2 heterocycles. The first kappa shape index (κ1) is 21.9. The van der Waals surface area contributed by atoms with Gasteiger partial charge in [0.25, 0.3) is 5.91 Å². The van der Waals surface area contributed by atoms with Crippen LogP contribution in [0.25, 0.3) is 10.4 Å². The molecule has 7 nitrogen and oxygen atoms in total. The van der Waals surface area contributed by atoms with Crippen LogP contribution in [0, 0.1) is 0 Å². The van der Waals surface area contributed by atoms with Gasteiger partial charge in [0.1, 0.15) is 17.4 Å². The van der Waals surface area contributed by atoms with Gasteiger partial charge in [0.2, 0.25) is 0 Å².